The lowest BCUT2D eigenvalue weighted by Crippen LogP contribution is -2.06. The summed E-state index contributed by atoms with van der Waals surface area (Å²) in [6.45, 7) is 0.554. The zero-order valence-electron chi connectivity index (χ0n) is 10.1. The number of thiophene rings is 1. The number of nitrogens with two attached hydrogens (primary N) is 1. The van der Waals surface area contributed by atoms with Crippen LogP contribution in [0.5, 0.6) is 0 Å². The van der Waals surface area contributed by atoms with Gasteiger partial charge in [-0.05, 0) is 12.1 Å². The minimum Gasteiger partial charge on any atom is -0.395 e. The maximum absolute atomic E-state index is 8.91. The third kappa shape index (κ3) is 2.25. The van der Waals surface area contributed by atoms with Gasteiger partial charge in [0.05, 0.1) is 33.1 Å². The number of anilines is 2. The summed E-state index contributed by atoms with van der Waals surface area (Å²) in [6.07, 6.45) is 1.71. The second-order valence-corrected chi connectivity index (χ2v) is 5.09. The van der Waals surface area contributed by atoms with Gasteiger partial charge in [-0.2, -0.15) is 5.10 Å². The Hall–Kier alpha value is -2.12. The molecule has 0 aliphatic rings. The highest BCUT2D eigenvalue weighted by molar-refractivity contribution is 7.22. The Morgan fingerprint density at radius 1 is 1.42 bits per heavy atom. The van der Waals surface area contributed by atoms with E-state index in [2.05, 4.69) is 20.5 Å². The first-order chi connectivity index (χ1) is 9.28. The smallest absolute Gasteiger partial charge is 0.126 e. The van der Waals surface area contributed by atoms with E-state index < -0.39 is 0 Å². The number of hydrogen-bond acceptors (Lipinski definition) is 6. The van der Waals surface area contributed by atoms with Gasteiger partial charge in [-0.25, -0.2) is 4.98 Å². The normalized spacial score (nSPS) is 11.0. The molecule has 0 spiro atoms. The van der Waals surface area contributed by atoms with E-state index in [1.54, 1.807) is 23.6 Å². The van der Waals surface area contributed by atoms with Crippen LogP contribution in [0.15, 0.2) is 24.4 Å². The molecular formula is C12H13N5OS. The van der Waals surface area contributed by atoms with Crippen molar-refractivity contribution >= 4 is 33.1 Å². The van der Waals surface area contributed by atoms with E-state index in [0.717, 1.165) is 26.5 Å². The van der Waals surface area contributed by atoms with Crippen LogP contribution in [0.1, 0.15) is 0 Å². The van der Waals surface area contributed by atoms with Gasteiger partial charge < -0.3 is 16.2 Å². The van der Waals surface area contributed by atoms with Gasteiger partial charge in [-0.1, -0.05) is 0 Å². The number of pyridine rings is 1. The first kappa shape index (κ1) is 11.9. The number of aromatic nitrogens is 3. The maximum atomic E-state index is 8.91. The second kappa shape index (κ2) is 4.87. The lowest BCUT2D eigenvalue weighted by atomic mass is 10.3. The molecule has 0 aliphatic heterocycles. The number of rotatable bonds is 4. The molecule has 0 saturated carbocycles. The van der Waals surface area contributed by atoms with Crippen LogP contribution < -0.4 is 11.1 Å². The van der Waals surface area contributed by atoms with Crippen LogP contribution in [-0.4, -0.2) is 33.4 Å². The van der Waals surface area contributed by atoms with E-state index in [1.807, 2.05) is 12.1 Å². The van der Waals surface area contributed by atoms with Gasteiger partial charge in [-0.15, -0.1) is 11.3 Å². The van der Waals surface area contributed by atoms with Crippen LogP contribution in [0.2, 0.25) is 0 Å². The molecule has 3 aromatic heterocycles. The Morgan fingerprint density at radius 2 is 2.32 bits per heavy atom. The van der Waals surface area contributed by atoms with E-state index in [9.17, 15) is 0 Å². The SMILES string of the molecule is Nc1cc(NCCO)c2sc(-c3ccn[nH]3)cc2n1. The molecule has 3 rings (SSSR count). The van der Waals surface area contributed by atoms with Gasteiger partial charge in [0, 0.05) is 18.8 Å². The average molecular weight is 275 g/mol. The van der Waals surface area contributed by atoms with Gasteiger partial charge in [0.15, 0.2) is 0 Å². The maximum Gasteiger partial charge on any atom is 0.126 e. The number of aliphatic hydroxyl groups excluding tert-OH is 1. The molecule has 5 N–H and O–H groups in total. The summed E-state index contributed by atoms with van der Waals surface area (Å²) in [5.41, 5.74) is 8.49. The molecule has 0 aromatic carbocycles. The number of hydrogen-bond donors (Lipinski definition) is 4. The van der Waals surface area contributed by atoms with E-state index in [1.165, 1.54) is 0 Å². The summed E-state index contributed by atoms with van der Waals surface area (Å²) >= 11 is 1.61. The highest BCUT2D eigenvalue weighted by atomic mass is 32.1. The van der Waals surface area contributed by atoms with Crippen molar-refractivity contribution in [3.8, 4) is 10.6 Å². The van der Waals surface area contributed by atoms with Crippen LogP contribution in [0.25, 0.3) is 20.8 Å². The second-order valence-electron chi connectivity index (χ2n) is 4.04. The molecule has 3 heterocycles. The zero-order valence-corrected chi connectivity index (χ0v) is 10.9. The summed E-state index contributed by atoms with van der Waals surface area (Å²) in [4.78, 5) is 5.38. The summed E-state index contributed by atoms with van der Waals surface area (Å²) in [5.74, 6) is 0.460. The zero-order chi connectivity index (χ0) is 13.2. The molecule has 6 nitrogen and oxygen atoms in total. The number of aromatic amines is 1. The molecule has 0 fully saturated rings. The van der Waals surface area contributed by atoms with E-state index in [0.29, 0.717) is 12.4 Å². The summed E-state index contributed by atoms with van der Waals surface area (Å²) in [5, 5.41) is 18.9. The summed E-state index contributed by atoms with van der Waals surface area (Å²) < 4.78 is 1.02. The van der Waals surface area contributed by atoms with Crippen LogP contribution in [0.3, 0.4) is 0 Å². The predicted molar refractivity (Wildman–Crippen MR) is 77.2 cm³/mol. The third-order valence-electron chi connectivity index (χ3n) is 2.69. The lowest BCUT2D eigenvalue weighted by molar-refractivity contribution is 0.311. The van der Waals surface area contributed by atoms with Crippen molar-refractivity contribution in [1.29, 1.82) is 0 Å². The molecule has 0 aliphatic carbocycles. The third-order valence-corrected chi connectivity index (χ3v) is 3.88. The first-order valence-corrected chi connectivity index (χ1v) is 6.64. The molecule has 98 valence electrons. The Kier molecular flexibility index (Phi) is 3.06. The van der Waals surface area contributed by atoms with Gasteiger partial charge >= 0.3 is 0 Å². The highest BCUT2D eigenvalue weighted by Crippen LogP contribution is 2.36. The van der Waals surface area contributed by atoms with Gasteiger partial charge in [0.2, 0.25) is 0 Å². The number of nitrogens with one attached hydrogen (secondary N) is 2. The molecular weight excluding hydrogens is 262 g/mol. The molecule has 7 heteroatoms. The Morgan fingerprint density at radius 3 is 3.05 bits per heavy atom. The van der Waals surface area contributed by atoms with Crippen LogP contribution >= 0.6 is 11.3 Å². The monoisotopic (exact) mass is 275 g/mol. The van der Waals surface area contributed by atoms with Gasteiger partial charge in [0.25, 0.3) is 0 Å². The molecule has 0 bridgehead atoms. The largest absolute Gasteiger partial charge is 0.395 e. The Labute approximate surface area is 113 Å². The van der Waals surface area contributed by atoms with Crippen molar-refractivity contribution in [3.63, 3.8) is 0 Å². The summed E-state index contributed by atoms with van der Waals surface area (Å²) in [7, 11) is 0. The van der Waals surface area contributed by atoms with E-state index in [4.69, 9.17) is 10.8 Å². The number of H-pyrrole nitrogens is 1. The Balaban J connectivity index is 2.10. The van der Waals surface area contributed by atoms with Gasteiger partial charge in [-0.3, -0.25) is 5.10 Å². The molecule has 19 heavy (non-hydrogen) atoms. The fourth-order valence-electron chi connectivity index (χ4n) is 1.89. The van der Waals surface area contributed by atoms with E-state index >= 15 is 0 Å². The fraction of sp³-hybridized carbons (Fsp3) is 0.167. The van der Waals surface area contributed by atoms with E-state index in [-0.39, 0.29) is 6.61 Å². The van der Waals surface area contributed by atoms with Crippen LogP contribution in [0.4, 0.5) is 11.5 Å². The highest BCUT2D eigenvalue weighted by Gasteiger charge is 2.11. The summed E-state index contributed by atoms with van der Waals surface area (Å²) in [6, 6.07) is 5.67. The topological polar surface area (TPSA) is 99.9 Å². The molecule has 0 atom stereocenters. The van der Waals surface area contributed by atoms with Crippen molar-refractivity contribution in [2.45, 2.75) is 0 Å². The quantitative estimate of drug-likeness (QED) is 0.580. The van der Waals surface area contributed by atoms with Crippen molar-refractivity contribution in [2.24, 2.45) is 0 Å². The minimum absolute atomic E-state index is 0.0719. The average Bonchev–Trinajstić information content (AvgIpc) is 3.03. The van der Waals surface area contributed by atoms with Crippen molar-refractivity contribution in [3.05, 3.63) is 24.4 Å². The van der Waals surface area contributed by atoms with Crippen LogP contribution in [0, 0.1) is 0 Å². The fourth-order valence-corrected chi connectivity index (χ4v) is 2.95. The molecule has 0 amide bonds. The molecule has 3 aromatic rings. The van der Waals surface area contributed by atoms with Crippen LogP contribution in [-0.2, 0) is 0 Å². The Bertz CT molecular complexity index is 692. The molecule has 0 saturated heterocycles. The predicted octanol–water partition coefficient (Wildman–Crippen LogP) is 1.67. The number of nitrogens with zero attached hydrogens (tertiary/aromatic N) is 2. The number of aliphatic hydroxyl groups is 1. The number of nitrogen functional groups attached to an aromatic ring is 1. The molecule has 0 radical (unpaired) electrons. The number of fused-ring (bicyclic) bond motifs is 1. The lowest BCUT2D eigenvalue weighted by Gasteiger charge is -2.06. The first-order valence-electron chi connectivity index (χ1n) is 5.82. The molecule has 0 unspecified atom stereocenters. The minimum atomic E-state index is 0.0719. The standard InChI is InChI=1S/C12H13N5OS/c13-11-6-8(14-3-4-18)12-9(16-11)5-10(19-12)7-1-2-15-17-7/h1-2,5-6,18H,3-4H2,(H,15,17)(H3,13,14,16). The van der Waals surface area contributed by atoms with Crippen molar-refractivity contribution < 1.29 is 5.11 Å². The van der Waals surface area contributed by atoms with Crippen molar-refractivity contribution in [2.75, 3.05) is 24.2 Å². The van der Waals surface area contributed by atoms with Crippen molar-refractivity contribution in [1.82, 2.24) is 15.2 Å². The van der Waals surface area contributed by atoms with Gasteiger partial charge in [0.1, 0.15) is 5.82 Å².